The molecule has 2 rings (SSSR count). The molecule has 66 valence electrons. The summed E-state index contributed by atoms with van der Waals surface area (Å²) in [6.07, 6.45) is 0. The van der Waals surface area contributed by atoms with Crippen LogP contribution >= 0.6 is 32.3 Å². The summed E-state index contributed by atoms with van der Waals surface area (Å²) in [5, 5.41) is 8.16. The Hall–Kier alpha value is -0.640. The van der Waals surface area contributed by atoms with Crippen LogP contribution in [0, 0.1) is 5.41 Å². The van der Waals surface area contributed by atoms with Gasteiger partial charge in [0.05, 0.1) is 0 Å². The lowest BCUT2D eigenvalue weighted by Crippen LogP contribution is -1.82. The van der Waals surface area contributed by atoms with Crippen LogP contribution in [-0.4, -0.2) is 0 Å². The fraction of sp³-hybridized carbons (Fsp3) is 0. The molecule has 0 atom stereocenters. The quantitative estimate of drug-likeness (QED) is 0.720. The van der Waals surface area contributed by atoms with Crippen molar-refractivity contribution in [2.75, 3.05) is 0 Å². The number of hydrogen-bond donors (Lipinski definition) is 1. The summed E-state index contributed by atoms with van der Waals surface area (Å²) in [6.45, 7) is 0. The highest BCUT2D eigenvalue weighted by Gasteiger charge is 1.99. The van der Waals surface area contributed by atoms with Gasteiger partial charge in [-0.1, -0.05) is 44.4 Å². The van der Waals surface area contributed by atoms with Crippen molar-refractivity contribution < 1.29 is 0 Å². The maximum absolute atomic E-state index is 7.41. The minimum Gasteiger partial charge on any atom is -0.290 e. The largest absolute Gasteiger partial charge is 0.290 e. The molecule has 1 heterocycles. The van der Waals surface area contributed by atoms with Crippen LogP contribution in [0.4, 0.5) is 0 Å². The van der Waals surface area contributed by atoms with E-state index in [9.17, 15) is 0 Å². The van der Waals surface area contributed by atoms with Gasteiger partial charge in [-0.15, -0.1) is 0 Å². The van der Waals surface area contributed by atoms with E-state index in [1.54, 1.807) is 10.3 Å². The van der Waals surface area contributed by atoms with E-state index < -0.39 is 0 Å². The van der Waals surface area contributed by atoms with Gasteiger partial charge in [0.1, 0.15) is 4.67 Å². The third-order valence-corrected chi connectivity index (χ3v) is 4.11. The van der Waals surface area contributed by atoms with Crippen LogP contribution in [0.1, 0.15) is 0 Å². The van der Waals surface area contributed by atoms with Gasteiger partial charge in [0.15, 0.2) is 0 Å². The summed E-state index contributed by atoms with van der Waals surface area (Å²) >= 11 is 5.77. The molecule has 0 amide bonds. The zero-order valence-electron chi connectivity index (χ0n) is 6.58. The molecule has 1 nitrogen and oxygen atoms in total. The molecule has 0 aliphatic rings. The normalized spacial score (nSPS) is 10.2. The van der Waals surface area contributed by atoms with E-state index in [0.717, 1.165) is 15.5 Å². The zero-order chi connectivity index (χ0) is 9.26. The predicted octanol–water partition coefficient (Wildman–Crippen LogP) is 3.61. The maximum atomic E-state index is 7.41. The highest BCUT2D eigenvalue weighted by Crippen LogP contribution is 2.25. The average molecular weight is 228 g/mol. The van der Waals surface area contributed by atoms with Gasteiger partial charge < -0.3 is 0 Å². The highest BCUT2D eigenvalue weighted by atomic mass is 35.5. The van der Waals surface area contributed by atoms with Crippen molar-refractivity contribution in [1.29, 1.82) is 5.41 Å². The van der Waals surface area contributed by atoms with Gasteiger partial charge in [-0.3, -0.25) is 5.41 Å². The van der Waals surface area contributed by atoms with Crippen LogP contribution in [-0.2, 0) is 0 Å². The van der Waals surface area contributed by atoms with Gasteiger partial charge in [0, 0.05) is 9.90 Å². The van der Waals surface area contributed by atoms with Crippen molar-refractivity contribution in [1.82, 2.24) is 0 Å². The van der Waals surface area contributed by atoms with Crippen LogP contribution in [0.5, 0.6) is 0 Å². The summed E-state index contributed by atoms with van der Waals surface area (Å²) in [5.41, 5.74) is 1.13. The van der Waals surface area contributed by atoms with Gasteiger partial charge in [0.25, 0.3) is 0 Å². The Morgan fingerprint density at radius 2 is 1.77 bits per heavy atom. The van der Waals surface area contributed by atoms with E-state index in [0.29, 0.717) is 4.67 Å². The molecule has 0 unspecified atom stereocenters. The molecule has 0 fully saturated rings. The second-order valence-electron chi connectivity index (χ2n) is 2.55. The van der Waals surface area contributed by atoms with Crippen molar-refractivity contribution in [3.8, 4) is 10.4 Å². The fourth-order valence-electron chi connectivity index (χ4n) is 1.00. The SMILES string of the molecule is N=c1cc(-c2ccc(Cl)cc2)ss1. The van der Waals surface area contributed by atoms with Gasteiger partial charge in [0.2, 0.25) is 0 Å². The predicted molar refractivity (Wildman–Crippen MR) is 58.5 cm³/mol. The summed E-state index contributed by atoms with van der Waals surface area (Å²) in [4.78, 5) is 1.13. The molecular weight excluding hydrogens is 222 g/mol. The van der Waals surface area contributed by atoms with Crippen molar-refractivity contribution in [2.45, 2.75) is 0 Å². The van der Waals surface area contributed by atoms with Gasteiger partial charge >= 0.3 is 0 Å². The molecule has 0 aliphatic carbocycles. The molecule has 0 saturated heterocycles. The maximum Gasteiger partial charge on any atom is 0.119 e. The molecule has 0 bridgehead atoms. The van der Waals surface area contributed by atoms with E-state index >= 15 is 0 Å². The first-order chi connectivity index (χ1) is 6.25. The monoisotopic (exact) mass is 227 g/mol. The lowest BCUT2D eigenvalue weighted by molar-refractivity contribution is 1.36. The Balaban J connectivity index is 2.47. The first-order valence-electron chi connectivity index (χ1n) is 3.66. The molecular formula is C9H6ClNS2. The van der Waals surface area contributed by atoms with E-state index in [4.69, 9.17) is 17.0 Å². The summed E-state index contributed by atoms with van der Waals surface area (Å²) in [5.74, 6) is 0. The van der Waals surface area contributed by atoms with Gasteiger partial charge in [-0.05, 0) is 23.8 Å². The topological polar surface area (TPSA) is 23.9 Å². The van der Waals surface area contributed by atoms with Crippen molar-refractivity contribution in [3.63, 3.8) is 0 Å². The van der Waals surface area contributed by atoms with Crippen molar-refractivity contribution >= 4 is 32.3 Å². The average Bonchev–Trinajstić information content (AvgIpc) is 2.53. The third kappa shape index (κ3) is 1.99. The molecule has 4 heteroatoms. The van der Waals surface area contributed by atoms with Crippen LogP contribution in [0.15, 0.2) is 30.3 Å². The second kappa shape index (κ2) is 3.62. The van der Waals surface area contributed by atoms with Crippen LogP contribution in [0.25, 0.3) is 10.4 Å². The molecule has 13 heavy (non-hydrogen) atoms. The lowest BCUT2D eigenvalue weighted by atomic mass is 10.2. The molecule has 0 spiro atoms. The summed E-state index contributed by atoms with van der Waals surface area (Å²) in [7, 11) is 3.10. The van der Waals surface area contributed by atoms with Crippen LogP contribution < -0.4 is 4.67 Å². The molecule has 1 aromatic carbocycles. The molecule has 0 saturated carbocycles. The number of rotatable bonds is 1. The van der Waals surface area contributed by atoms with E-state index in [2.05, 4.69) is 0 Å². The molecule has 2 aromatic rings. The van der Waals surface area contributed by atoms with E-state index in [1.165, 1.54) is 10.3 Å². The first-order valence-corrected chi connectivity index (χ1v) is 6.19. The molecule has 0 radical (unpaired) electrons. The molecule has 0 aliphatic heterocycles. The van der Waals surface area contributed by atoms with Crippen molar-refractivity contribution in [2.24, 2.45) is 0 Å². The van der Waals surface area contributed by atoms with Crippen LogP contribution in [0.2, 0.25) is 5.02 Å². The Morgan fingerprint density at radius 1 is 1.08 bits per heavy atom. The standard InChI is InChI=1S/C9H6ClNS2/c10-7-3-1-6(2-4-7)8-5-9(11)13-12-8/h1-5,11H. The van der Waals surface area contributed by atoms with Gasteiger partial charge in [-0.25, -0.2) is 0 Å². The van der Waals surface area contributed by atoms with E-state index in [1.807, 2.05) is 30.3 Å². The Bertz CT molecular complexity index is 455. The Labute approximate surface area is 88.1 Å². The summed E-state index contributed by atoms with van der Waals surface area (Å²) < 4.78 is 0.606. The zero-order valence-corrected chi connectivity index (χ0v) is 8.97. The first kappa shape index (κ1) is 8.94. The number of halogens is 1. The second-order valence-corrected chi connectivity index (χ2v) is 5.20. The summed E-state index contributed by atoms with van der Waals surface area (Å²) in [6, 6.07) is 9.55. The third-order valence-electron chi connectivity index (χ3n) is 1.61. The number of nitrogens with one attached hydrogen (secondary N) is 1. The van der Waals surface area contributed by atoms with Crippen molar-refractivity contribution in [3.05, 3.63) is 40.0 Å². The molecule has 1 N–H and O–H groups in total. The highest BCUT2D eigenvalue weighted by molar-refractivity contribution is 7.69. The molecule has 1 aromatic heterocycles. The minimum absolute atomic E-state index is 0.606. The van der Waals surface area contributed by atoms with Crippen LogP contribution in [0.3, 0.4) is 0 Å². The van der Waals surface area contributed by atoms with Gasteiger partial charge in [-0.2, -0.15) is 0 Å². The van der Waals surface area contributed by atoms with E-state index in [-0.39, 0.29) is 0 Å². The lowest BCUT2D eigenvalue weighted by Gasteiger charge is -1.94. The number of hydrogen-bond acceptors (Lipinski definition) is 3. The number of benzene rings is 1. The Morgan fingerprint density at radius 3 is 2.31 bits per heavy atom. The Kier molecular flexibility index (Phi) is 2.49. The fourth-order valence-corrected chi connectivity index (χ4v) is 3.06. The minimum atomic E-state index is 0.606. The smallest absolute Gasteiger partial charge is 0.119 e.